The van der Waals surface area contributed by atoms with E-state index >= 15 is 0 Å². The average molecular weight is 536 g/mol. The third-order valence-electron chi connectivity index (χ3n) is 4.63. The Kier molecular flexibility index (Phi) is 8.24. The summed E-state index contributed by atoms with van der Waals surface area (Å²) in [5.74, 6) is -0.768. The fourth-order valence-electron chi connectivity index (χ4n) is 3.28. The lowest BCUT2D eigenvalue weighted by atomic mass is 10.0. The molecule has 0 saturated heterocycles. The van der Waals surface area contributed by atoms with E-state index in [1.54, 1.807) is 53.7 Å². The van der Waals surface area contributed by atoms with E-state index in [0.717, 1.165) is 0 Å². The number of aromatic nitrogens is 2. The number of phosphoric ester groups is 1. The first-order valence-corrected chi connectivity index (χ1v) is 12.9. The lowest BCUT2D eigenvalue weighted by Crippen LogP contribution is -2.25. The Morgan fingerprint density at radius 3 is 2.08 bits per heavy atom. The summed E-state index contributed by atoms with van der Waals surface area (Å²) in [6.45, 7) is 9.91. The van der Waals surface area contributed by atoms with Crippen LogP contribution in [0.2, 0.25) is 0 Å². The van der Waals surface area contributed by atoms with Gasteiger partial charge in [0, 0.05) is 11.1 Å². The van der Waals surface area contributed by atoms with Crippen molar-refractivity contribution in [1.29, 1.82) is 0 Å². The van der Waals surface area contributed by atoms with Gasteiger partial charge in [0.15, 0.2) is 5.78 Å². The van der Waals surface area contributed by atoms with Crippen LogP contribution >= 0.6 is 7.82 Å². The van der Waals surface area contributed by atoms with Gasteiger partial charge in [0.2, 0.25) is 5.95 Å². The van der Waals surface area contributed by atoms with Crippen molar-refractivity contribution in [1.82, 2.24) is 9.55 Å². The molecule has 1 N–H and O–H groups in total. The van der Waals surface area contributed by atoms with Crippen molar-refractivity contribution in [3.63, 3.8) is 0 Å². The second-order valence-corrected chi connectivity index (χ2v) is 11.7. The average Bonchev–Trinajstić information content (AvgIpc) is 3.11. The second kappa shape index (κ2) is 10.7. The Balaban J connectivity index is 2.00. The number of nitrogens with zero attached hydrogens (tertiary/aromatic N) is 2. The molecule has 0 aliphatic carbocycles. The van der Waals surface area contributed by atoms with Crippen molar-refractivity contribution < 1.29 is 36.9 Å². The monoisotopic (exact) mass is 535 g/mol. The van der Waals surface area contributed by atoms with Crippen LogP contribution in [-0.4, -0.2) is 39.7 Å². The molecule has 0 fully saturated rings. The molecule has 2 aromatic carbocycles. The van der Waals surface area contributed by atoms with E-state index in [-0.39, 0.29) is 18.5 Å². The molecule has 10 nitrogen and oxygen atoms in total. The number of hydrogen-bond acceptors (Lipinski definition) is 8. The molecule has 1 aromatic heterocycles. The number of methoxy groups -OCH3 is 1. The fraction of sp³-hybridized carbons (Fsp3) is 0.400. The smallest absolute Gasteiger partial charge is 0.453 e. The SMILES string of the molecule is COC(=O)Nc1nc2cc(C(=O)c3ccc(F)cc3)ccc2n1COP(=O)(OC(C)(C)C)OC(C)(C)C. The Hall–Kier alpha value is -3.11. The quantitative estimate of drug-likeness (QED) is 0.264. The first-order valence-electron chi connectivity index (χ1n) is 11.4. The van der Waals surface area contributed by atoms with Gasteiger partial charge in [-0.15, -0.1) is 0 Å². The van der Waals surface area contributed by atoms with Crippen LogP contribution in [-0.2, 0) is 29.6 Å². The van der Waals surface area contributed by atoms with E-state index in [9.17, 15) is 18.5 Å². The molecule has 0 aliphatic rings. The number of nitrogens with one attached hydrogen (secondary N) is 1. The van der Waals surface area contributed by atoms with E-state index in [0.29, 0.717) is 22.2 Å². The molecule has 1 amide bonds. The molecule has 200 valence electrons. The molecule has 0 radical (unpaired) electrons. The summed E-state index contributed by atoms with van der Waals surface area (Å²) in [7, 11) is -2.89. The normalized spacial score (nSPS) is 12.5. The van der Waals surface area contributed by atoms with Gasteiger partial charge in [-0.1, -0.05) is 0 Å². The number of fused-ring (bicyclic) bond motifs is 1. The molecule has 0 aliphatic heterocycles. The minimum atomic E-state index is -4.09. The van der Waals surface area contributed by atoms with Gasteiger partial charge in [0.1, 0.15) is 12.5 Å². The molecule has 3 aromatic rings. The minimum Gasteiger partial charge on any atom is -0.453 e. The lowest BCUT2D eigenvalue weighted by Gasteiger charge is -2.31. The predicted molar refractivity (Wildman–Crippen MR) is 136 cm³/mol. The Labute approximate surface area is 214 Å². The van der Waals surface area contributed by atoms with Gasteiger partial charge in [0.05, 0.1) is 29.3 Å². The van der Waals surface area contributed by atoms with Gasteiger partial charge in [-0.2, -0.15) is 0 Å². The zero-order chi connectivity index (χ0) is 27.6. The highest BCUT2D eigenvalue weighted by Gasteiger charge is 2.37. The number of hydrogen-bond donors (Lipinski definition) is 1. The number of halogens is 1. The van der Waals surface area contributed by atoms with Crippen LogP contribution in [0, 0.1) is 5.82 Å². The number of ketones is 1. The highest BCUT2D eigenvalue weighted by Crippen LogP contribution is 2.55. The van der Waals surface area contributed by atoms with E-state index in [1.165, 1.54) is 42.0 Å². The van der Waals surface area contributed by atoms with Crippen LogP contribution in [0.4, 0.5) is 15.1 Å². The number of carbonyl (C=O) groups is 2. The third-order valence-corrected chi connectivity index (χ3v) is 6.61. The van der Waals surface area contributed by atoms with Crippen LogP contribution in [0.3, 0.4) is 0 Å². The van der Waals surface area contributed by atoms with Crippen molar-refractivity contribution in [3.05, 3.63) is 59.4 Å². The van der Waals surface area contributed by atoms with Crippen LogP contribution in [0.15, 0.2) is 42.5 Å². The number of amides is 1. The molecule has 0 bridgehead atoms. The zero-order valence-electron chi connectivity index (χ0n) is 21.8. The number of benzene rings is 2. The molecular formula is C25H31FN3O7P. The van der Waals surface area contributed by atoms with Crippen LogP contribution in [0.5, 0.6) is 0 Å². The van der Waals surface area contributed by atoms with Gasteiger partial charge >= 0.3 is 13.9 Å². The summed E-state index contributed by atoms with van der Waals surface area (Å²) in [6.07, 6.45) is -0.792. The number of imidazole rings is 1. The first-order chi connectivity index (χ1) is 17.1. The maximum atomic E-state index is 13.5. The summed E-state index contributed by atoms with van der Waals surface area (Å²) in [6, 6.07) is 9.87. The summed E-state index contributed by atoms with van der Waals surface area (Å²) in [5, 5.41) is 2.48. The van der Waals surface area contributed by atoms with Gasteiger partial charge in [-0.25, -0.2) is 18.7 Å². The van der Waals surface area contributed by atoms with Crippen molar-refractivity contribution in [2.45, 2.75) is 59.5 Å². The van der Waals surface area contributed by atoms with Crippen molar-refractivity contribution >= 4 is 36.7 Å². The highest BCUT2D eigenvalue weighted by atomic mass is 31.2. The molecule has 3 rings (SSSR count). The number of anilines is 1. The highest BCUT2D eigenvalue weighted by molar-refractivity contribution is 7.48. The summed E-state index contributed by atoms with van der Waals surface area (Å²) in [5.41, 5.74) is -0.296. The number of phosphoric acid groups is 1. The largest absolute Gasteiger partial charge is 0.477 e. The molecular weight excluding hydrogens is 504 g/mol. The maximum Gasteiger partial charge on any atom is 0.477 e. The number of ether oxygens (including phenoxy) is 1. The molecule has 0 unspecified atom stereocenters. The first kappa shape index (κ1) is 28.5. The lowest BCUT2D eigenvalue weighted by molar-refractivity contribution is -0.00543. The molecule has 37 heavy (non-hydrogen) atoms. The van der Waals surface area contributed by atoms with E-state index in [4.69, 9.17) is 13.6 Å². The van der Waals surface area contributed by atoms with E-state index < -0.39 is 30.9 Å². The Morgan fingerprint density at radius 1 is 0.973 bits per heavy atom. The predicted octanol–water partition coefficient (Wildman–Crippen LogP) is 6.30. The maximum absolute atomic E-state index is 13.5. The number of rotatable bonds is 8. The van der Waals surface area contributed by atoms with E-state index in [1.807, 2.05) is 0 Å². The van der Waals surface area contributed by atoms with E-state index in [2.05, 4.69) is 15.0 Å². The van der Waals surface area contributed by atoms with Crippen LogP contribution in [0.1, 0.15) is 57.5 Å². The topological polar surface area (TPSA) is 118 Å². The fourth-order valence-corrected chi connectivity index (χ4v) is 5.02. The molecule has 12 heteroatoms. The summed E-state index contributed by atoms with van der Waals surface area (Å²) < 4.78 is 49.9. The summed E-state index contributed by atoms with van der Waals surface area (Å²) in [4.78, 5) is 29.2. The zero-order valence-corrected chi connectivity index (χ0v) is 22.7. The standard InChI is InChI=1S/C25H31FN3O7P/c1-24(2,3)35-37(32,36-25(4,5)6)34-15-29-20-13-10-17(21(30)16-8-11-18(26)12-9-16)14-19(20)27-22(29)28-23(31)33-7/h8-14H,15H2,1-7H3,(H,27,28,31). The Morgan fingerprint density at radius 2 is 1.54 bits per heavy atom. The molecule has 1 heterocycles. The van der Waals surface area contributed by atoms with Gasteiger partial charge in [-0.05, 0) is 84.0 Å². The summed E-state index contributed by atoms with van der Waals surface area (Å²) >= 11 is 0. The van der Waals surface area contributed by atoms with Gasteiger partial charge < -0.3 is 4.74 Å². The second-order valence-electron chi connectivity index (χ2n) is 10.1. The molecule has 0 saturated carbocycles. The van der Waals surface area contributed by atoms with Gasteiger partial charge in [0.25, 0.3) is 0 Å². The number of carbonyl (C=O) groups excluding carboxylic acids is 2. The van der Waals surface area contributed by atoms with Crippen molar-refractivity contribution in [2.24, 2.45) is 0 Å². The van der Waals surface area contributed by atoms with Gasteiger partial charge in [-0.3, -0.25) is 28.2 Å². The van der Waals surface area contributed by atoms with Crippen LogP contribution < -0.4 is 5.32 Å². The third kappa shape index (κ3) is 7.69. The molecule has 0 atom stereocenters. The molecule has 0 spiro atoms. The van der Waals surface area contributed by atoms with Crippen LogP contribution in [0.25, 0.3) is 11.0 Å². The van der Waals surface area contributed by atoms with Crippen molar-refractivity contribution in [3.8, 4) is 0 Å². The minimum absolute atomic E-state index is 0.0197. The Bertz CT molecular complexity index is 1320. The van der Waals surface area contributed by atoms with Crippen molar-refractivity contribution in [2.75, 3.05) is 12.4 Å².